The zero-order valence-electron chi connectivity index (χ0n) is 21.3. The third kappa shape index (κ3) is 4.79. The molecule has 6 rings (SSSR count). The van der Waals surface area contributed by atoms with Crippen molar-refractivity contribution in [3.05, 3.63) is 71.2 Å². The Balaban J connectivity index is 1.35. The van der Waals surface area contributed by atoms with Gasteiger partial charge in [0.05, 0.1) is 26.4 Å². The fraction of sp³-hybridized carbons (Fsp3) is 0.483. The van der Waals surface area contributed by atoms with Gasteiger partial charge in [0.25, 0.3) is 0 Å². The fourth-order valence-corrected chi connectivity index (χ4v) is 6.57. The molecule has 196 valence electrons. The third-order valence-electron chi connectivity index (χ3n) is 8.37. The Bertz CT molecular complexity index is 1240. The van der Waals surface area contributed by atoms with Crippen LogP contribution >= 0.6 is 0 Å². The summed E-state index contributed by atoms with van der Waals surface area (Å²) in [5.41, 5.74) is 4.52. The van der Waals surface area contributed by atoms with Gasteiger partial charge in [0.1, 0.15) is 11.9 Å². The lowest BCUT2D eigenvalue weighted by Crippen LogP contribution is -2.56. The summed E-state index contributed by atoms with van der Waals surface area (Å²) in [5, 5.41) is 5.00. The molecule has 0 radical (unpaired) electrons. The van der Waals surface area contributed by atoms with E-state index in [1.54, 1.807) is 0 Å². The van der Waals surface area contributed by atoms with E-state index in [0.29, 0.717) is 6.42 Å². The number of esters is 1. The summed E-state index contributed by atoms with van der Waals surface area (Å²) in [6.45, 7) is 5.42. The number of halogens is 1. The van der Waals surface area contributed by atoms with Crippen LogP contribution in [0.15, 0.2) is 48.5 Å². The number of fused-ring (bicyclic) bond motifs is 5. The standard InChI is InChI=1S/C29H35FN4O3/c1-36-29(35)27-18-23-22-4-2-3-5-24(22)32-28(23)26-17-21(31-10-11-33-12-14-37-15-13-33)16-25(34(26)27)19-6-8-20(30)9-7-19/h2-9,21,25-27,31-32H,10-18H2,1H3. The van der Waals surface area contributed by atoms with Crippen molar-refractivity contribution in [2.24, 2.45) is 0 Å². The maximum Gasteiger partial charge on any atom is 0.323 e. The Morgan fingerprint density at radius 2 is 1.86 bits per heavy atom. The van der Waals surface area contributed by atoms with E-state index < -0.39 is 6.04 Å². The largest absolute Gasteiger partial charge is 0.468 e. The molecule has 1 aromatic heterocycles. The number of carbonyl (C=O) groups is 1. The Morgan fingerprint density at radius 3 is 2.65 bits per heavy atom. The Kier molecular flexibility index (Phi) is 6.99. The number of morpholine rings is 1. The minimum Gasteiger partial charge on any atom is -0.468 e. The fourth-order valence-electron chi connectivity index (χ4n) is 6.57. The Labute approximate surface area is 216 Å². The molecule has 4 unspecified atom stereocenters. The summed E-state index contributed by atoms with van der Waals surface area (Å²) in [4.78, 5) is 21.6. The average molecular weight is 507 g/mol. The normalized spacial score (nSPS) is 26.5. The highest BCUT2D eigenvalue weighted by molar-refractivity contribution is 5.87. The molecule has 4 heterocycles. The van der Waals surface area contributed by atoms with Gasteiger partial charge in [-0.3, -0.25) is 14.6 Å². The monoisotopic (exact) mass is 506 g/mol. The third-order valence-corrected chi connectivity index (χ3v) is 8.37. The number of methoxy groups -OCH3 is 1. The van der Waals surface area contributed by atoms with Crippen LogP contribution in [0.3, 0.4) is 0 Å². The van der Waals surface area contributed by atoms with Crippen LogP contribution in [-0.4, -0.2) is 79.3 Å². The number of para-hydroxylation sites is 1. The SMILES string of the molecule is COC(=O)C1Cc2c([nH]c3ccccc23)C2CC(NCCN3CCOCC3)CC(c3ccc(F)cc3)N12. The second-order valence-electron chi connectivity index (χ2n) is 10.4. The van der Waals surface area contributed by atoms with Gasteiger partial charge in [-0.25, -0.2) is 4.39 Å². The molecule has 3 aliphatic heterocycles. The number of piperidine rings is 1. The van der Waals surface area contributed by atoms with Crippen molar-refractivity contribution in [2.75, 3.05) is 46.5 Å². The van der Waals surface area contributed by atoms with Gasteiger partial charge >= 0.3 is 5.97 Å². The van der Waals surface area contributed by atoms with Gasteiger partial charge in [-0.15, -0.1) is 0 Å². The van der Waals surface area contributed by atoms with E-state index in [0.717, 1.165) is 63.3 Å². The molecule has 2 N–H and O–H groups in total. The first-order valence-electron chi connectivity index (χ1n) is 13.4. The number of hydrogen-bond acceptors (Lipinski definition) is 6. The summed E-state index contributed by atoms with van der Waals surface area (Å²) in [5.74, 6) is -0.468. The maximum absolute atomic E-state index is 13.9. The van der Waals surface area contributed by atoms with Gasteiger partial charge in [-0.2, -0.15) is 0 Å². The number of benzene rings is 2. The molecule has 2 fully saturated rings. The van der Waals surface area contributed by atoms with E-state index in [9.17, 15) is 9.18 Å². The van der Waals surface area contributed by atoms with Crippen molar-refractivity contribution < 1.29 is 18.7 Å². The minimum atomic E-state index is -0.397. The van der Waals surface area contributed by atoms with Crippen molar-refractivity contribution in [1.82, 2.24) is 20.1 Å². The zero-order valence-corrected chi connectivity index (χ0v) is 21.3. The van der Waals surface area contributed by atoms with E-state index in [-0.39, 0.29) is 29.9 Å². The molecule has 0 bridgehead atoms. The first-order valence-corrected chi connectivity index (χ1v) is 13.4. The number of hydrogen-bond donors (Lipinski definition) is 2. The van der Waals surface area contributed by atoms with Crippen molar-refractivity contribution in [1.29, 1.82) is 0 Å². The first kappa shape index (κ1) is 24.6. The van der Waals surface area contributed by atoms with Crippen LogP contribution in [0.25, 0.3) is 10.9 Å². The van der Waals surface area contributed by atoms with Crippen LogP contribution in [0.5, 0.6) is 0 Å². The number of rotatable bonds is 6. The minimum absolute atomic E-state index is 0.0185. The van der Waals surface area contributed by atoms with Gasteiger partial charge in [0, 0.05) is 61.3 Å². The zero-order chi connectivity index (χ0) is 25.4. The number of nitrogens with one attached hydrogen (secondary N) is 2. The predicted molar refractivity (Wildman–Crippen MR) is 140 cm³/mol. The lowest BCUT2D eigenvalue weighted by atomic mass is 9.79. The molecule has 0 amide bonds. The van der Waals surface area contributed by atoms with E-state index in [1.165, 1.54) is 35.9 Å². The van der Waals surface area contributed by atoms with Gasteiger partial charge in [-0.05, 0) is 42.2 Å². The highest BCUT2D eigenvalue weighted by Crippen LogP contribution is 2.48. The number of aromatic nitrogens is 1. The molecule has 4 atom stereocenters. The quantitative estimate of drug-likeness (QED) is 0.499. The molecule has 0 aliphatic carbocycles. The molecular formula is C29H35FN4O3. The molecule has 37 heavy (non-hydrogen) atoms. The number of nitrogens with zero attached hydrogens (tertiary/aromatic N) is 2. The van der Waals surface area contributed by atoms with Gasteiger partial charge in [-0.1, -0.05) is 30.3 Å². The summed E-state index contributed by atoms with van der Waals surface area (Å²) < 4.78 is 24.7. The van der Waals surface area contributed by atoms with Gasteiger partial charge in [0.2, 0.25) is 0 Å². The molecule has 3 aliphatic rings. The Morgan fingerprint density at radius 1 is 1.11 bits per heavy atom. The van der Waals surface area contributed by atoms with Crippen molar-refractivity contribution >= 4 is 16.9 Å². The second kappa shape index (κ2) is 10.5. The number of ether oxygens (including phenoxy) is 2. The second-order valence-corrected chi connectivity index (χ2v) is 10.4. The number of carbonyl (C=O) groups excluding carboxylic acids is 1. The molecule has 8 heteroatoms. The predicted octanol–water partition coefficient (Wildman–Crippen LogP) is 3.57. The molecule has 2 saturated heterocycles. The molecule has 0 saturated carbocycles. The highest BCUT2D eigenvalue weighted by Gasteiger charge is 2.48. The lowest BCUT2D eigenvalue weighted by Gasteiger charge is -2.51. The summed E-state index contributed by atoms with van der Waals surface area (Å²) >= 11 is 0. The maximum atomic E-state index is 13.9. The van der Waals surface area contributed by atoms with Gasteiger partial charge < -0.3 is 19.8 Å². The molecule has 0 spiro atoms. The van der Waals surface area contributed by atoms with E-state index in [1.807, 2.05) is 24.3 Å². The van der Waals surface area contributed by atoms with E-state index in [2.05, 4.69) is 32.2 Å². The molecule has 7 nitrogen and oxygen atoms in total. The molecule has 2 aromatic carbocycles. The summed E-state index contributed by atoms with van der Waals surface area (Å²) in [6.07, 6.45) is 2.32. The summed E-state index contributed by atoms with van der Waals surface area (Å²) in [7, 11) is 1.47. The highest BCUT2D eigenvalue weighted by atomic mass is 19.1. The Hall–Kier alpha value is -2.78. The topological polar surface area (TPSA) is 69.8 Å². The van der Waals surface area contributed by atoms with Crippen LogP contribution in [0.4, 0.5) is 4.39 Å². The van der Waals surface area contributed by atoms with Crippen LogP contribution in [0.2, 0.25) is 0 Å². The van der Waals surface area contributed by atoms with Crippen LogP contribution in [-0.2, 0) is 20.7 Å². The van der Waals surface area contributed by atoms with Crippen molar-refractivity contribution in [3.63, 3.8) is 0 Å². The molecular weight excluding hydrogens is 471 g/mol. The smallest absolute Gasteiger partial charge is 0.323 e. The first-order chi connectivity index (χ1) is 18.1. The van der Waals surface area contributed by atoms with E-state index in [4.69, 9.17) is 9.47 Å². The van der Waals surface area contributed by atoms with E-state index >= 15 is 0 Å². The lowest BCUT2D eigenvalue weighted by molar-refractivity contribution is -0.152. The van der Waals surface area contributed by atoms with Crippen LogP contribution in [0.1, 0.15) is 41.7 Å². The van der Waals surface area contributed by atoms with Crippen LogP contribution in [0, 0.1) is 5.82 Å². The summed E-state index contributed by atoms with van der Waals surface area (Å²) in [6, 6.07) is 14.9. The molecule has 3 aromatic rings. The number of aromatic amines is 1. The number of H-pyrrole nitrogens is 1. The average Bonchev–Trinajstić information content (AvgIpc) is 3.32. The van der Waals surface area contributed by atoms with Crippen molar-refractivity contribution in [2.45, 2.75) is 43.4 Å². The van der Waals surface area contributed by atoms with Crippen molar-refractivity contribution in [3.8, 4) is 0 Å². The van der Waals surface area contributed by atoms with Crippen LogP contribution < -0.4 is 5.32 Å². The van der Waals surface area contributed by atoms with Gasteiger partial charge in [0.15, 0.2) is 0 Å².